The molecule has 1 rings (SSSR count). The summed E-state index contributed by atoms with van der Waals surface area (Å²) in [5.74, 6) is 1.26. The summed E-state index contributed by atoms with van der Waals surface area (Å²) in [6.45, 7) is 6.04. The van der Waals surface area contributed by atoms with E-state index in [-0.39, 0.29) is 12.5 Å². The smallest absolute Gasteiger partial charge is 0.252 e. The SMILES string of the molecule is CC[C@H](C)C1CCN(C(=O)C(O)CN)CC1. The molecule has 0 saturated carbocycles. The summed E-state index contributed by atoms with van der Waals surface area (Å²) in [5, 5.41) is 9.38. The van der Waals surface area contributed by atoms with E-state index >= 15 is 0 Å². The van der Waals surface area contributed by atoms with Gasteiger partial charge in [0, 0.05) is 19.6 Å². The van der Waals surface area contributed by atoms with Crippen molar-refractivity contribution in [3.8, 4) is 0 Å². The van der Waals surface area contributed by atoms with Crippen molar-refractivity contribution in [2.45, 2.75) is 39.2 Å². The molecular weight excluding hydrogens is 204 g/mol. The number of amides is 1. The summed E-state index contributed by atoms with van der Waals surface area (Å²) in [6, 6.07) is 0. The van der Waals surface area contributed by atoms with Gasteiger partial charge in [0.2, 0.25) is 0 Å². The summed E-state index contributed by atoms with van der Waals surface area (Å²) in [4.78, 5) is 13.4. The van der Waals surface area contributed by atoms with Gasteiger partial charge >= 0.3 is 0 Å². The molecule has 1 fully saturated rings. The van der Waals surface area contributed by atoms with Gasteiger partial charge in [0.25, 0.3) is 5.91 Å². The number of piperidine rings is 1. The highest BCUT2D eigenvalue weighted by Gasteiger charge is 2.27. The molecule has 4 heteroatoms. The molecule has 0 radical (unpaired) electrons. The third-order valence-electron chi connectivity index (χ3n) is 3.81. The molecule has 3 N–H and O–H groups in total. The van der Waals surface area contributed by atoms with Gasteiger partial charge in [0.1, 0.15) is 6.10 Å². The van der Waals surface area contributed by atoms with E-state index in [0.717, 1.165) is 37.8 Å². The van der Waals surface area contributed by atoms with Crippen LogP contribution in [0.2, 0.25) is 0 Å². The second kappa shape index (κ2) is 6.21. The van der Waals surface area contributed by atoms with Crippen LogP contribution in [0, 0.1) is 11.8 Å². The van der Waals surface area contributed by atoms with Crippen LogP contribution in [0.5, 0.6) is 0 Å². The largest absolute Gasteiger partial charge is 0.382 e. The fourth-order valence-electron chi connectivity index (χ4n) is 2.33. The first kappa shape index (κ1) is 13.5. The first-order chi connectivity index (χ1) is 7.60. The van der Waals surface area contributed by atoms with Crippen LogP contribution < -0.4 is 5.73 Å². The quantitative estimate of drug-likeness (QED) is 0.740. The van der Waals surface area contributed by atoms with Crippen molar-refractivity contribution in [3.05, 3.63) is 0 Å². The summed E-state index contributed by atoms with van der Waals surface area (Å²) >= 11 is 0. The lowest BCUT2D eigenvalue weighted by Crippen LogP contribution is -2.46. The molecule has 1 aliphatic heterocycles. The molecule has 1 saturated heterocycles. The fourth-order valence-corrected chi connectivity index (χ4v) is 2.33. The zero-order chi connectivity index (χ0) is 12.1. The maximum Gasteiger partial charge on any atom is 0.252 e. The Bertz CT molecular complexity index is 225. The predicted octanol–water partition coefficient (Wildman–Crippen LogP) is 0.591. The van der Waals surface area contributed by atoms with Crippen LogP contribution in [0.4, 0.5) is 0 Å². The molecule has 0 aliphatic carbocycles. The van der Waals surface area contributed by atoms with Crippen molar-refractivity contribution < 1.29 is 9.90 Å². The zero-order valence-corrected chi connectivity index (χ0v) is 10.4. The molecule has 0 spiro atoms. The van der Waals surface area contributed by atoms with Crippen molar-refractivity contribution in [2.24, 2.45) is 17.6 Å². The number of nitrogens with two attached hydrogens (primary N) is 1. The average Bonchev–Trinajstić information content (AvgIpc) is 2.36. The lowest BCUT2D eigenvalue weighted by molar-refractivity contribution is -0.141. The lowest BCUT2D eigenvalue weighted by atomic mass is 9.84. The minimum absolute atomic E-state index is 0.0180. The van der Waals surface area contributed by atoms with Crippen molar-refractivity contribution in [2.75, 3.05) is 19.6 Å². The van der Waals surface area contributed by atoms with Gasteiger partial charge in [0.05, 0.1) is 0 Å². The number of carbonyl (C=O) groups excluding carboxylic acids is 1. The molecular formula is C12H24N2O2. The van der Waals surface area contributed by atoms with Crippen LogP contribution in [0.25, 0.3) is 0 Å². The van der Waals surface area contributed by atoms with Gasteiger partial charge in [-0.15, -0.1) is 0 Å². The second-order valence-electron chi connectivity index (χ2n) is 4.80. The second-order valence-corrected chi connectivity index (χ2v) is 4.80. The summed E-state index contributed by atoms with van der Waals surface area (Å²) in [5.41, 5.74) is 5.28. The van der Waals surface area contributed by atoms with Gasteiger partial charge in [-0.1, -0.05) is 20.3 Å². The monoisotopic (exact) mass is 228 g/mol. The standard InChI is InChI=1S/C12H24N2O2/c1-3-9(2)10-4-6-14(7-5-10)12(16)11(15)8-13/h9-11,15H,3-8,13H2,1-2H3/t9-,11?/m0/s1. The van der Waals surface area contributed by atoms with Crippen molar-refractivity contribution >= 4 is 5.91 Å². The van der Waals surface area contributed by atoms with E-state index in [1.807, 2.05) is 0 Å². The summed E-state index contributed by atoms with van der Waals surface area (Å²) in [6.07, 6.45) is 2.29. The zero-order valence-electron chi connectivity index (χ0n) is 10.4. The predicted molar refractivity (Wildman–Crippen MR) is 63.8 cm³/mol. The summed E-state index contributed by atoms with van der Waals surface area (Å²) in [7, 11) is 0. The number of carbonyl (C=O) groups is 1. The van der Waals surface area contributed by atoms with Crippen LogP contribution in [0.1, 0.15) is 33.1 Å². The van der Waals surface area contributed by atoms with Crippen molar-refractivity contribution in [1.82, 2.24) is 4.90 Å². The fraction of sp³-hybridized carbons (Fsp3) is 0.917. The molecule has 0 aromatic carbocycles. The van der Waals surface area contributed by atoms with E-state index in [1.165, 1.54) is 6.42 Å². The third-order valence-corrected chi connectivity index (χ3v) is 3.81. The molecule has 94 valence electrons. The number of hydrogen-bond donors (Lipinski definition) is 2. The van der Waals surface area contributed by atoms with Crippen molar-refractivity contribution in [3.63, 3.8) is 0 Å². The average molecular weight is 228 g/mol. The number of hydrogen-bond acceptors (Lipinski definition) is 3. The van der Waals surface area contributed by atoms with Gasteiger partial charge < -0.3 is 15.7 Å². The Morgan fingerprint density at radius 3 is 2.50 bits per heavy atom. The number of aliphatic hydroxyl groups is 1. The number of nitrogens with zero attached hydrogens (tertiary/aromatic N) is 1. The molecule has 0 bridgehead atoms. The van der Waals surface area contributed by atoms with E-state index in [1.54, 1.807) is 4.90 Å². The Labute approximate surface area is 97.8 Å². The minimum Gasteiger partial charge on any atom is -0.382 e. The van der Waals surface area contributed by atoms with Crippen LogP contribution in [0.15, 0.2) is 0 Å². The lowest BCUT2D eigenvalue weighted by Gasteiger charge is -2.35. The maximum atomic E-state index is 11.7. The molecule has 1 heterocycles. The van der Waals surface area contributed by atoms with E-state index in [0.29, 0.717) is 0 Å². The molecule has 1 amide bonds. The number of rotatable bonds is 4. The van der Waals surface area contributed by atoms with Gasteiger partial charge in [0.15, 0.2) is 0 Å². The van der Waals surface area contributed by atoms with Crippen LogP contribution >= 0.6 is 0 Å². The number of aliphatic hydroxyl groups excluding tert-OH is 1. The first-order valence-electron chi connectivity index (χ1n) is 6.27. The van der Waals surface area contributed by atoms with E-state index in [2.05, 4.69) is 13.8 Å². The molecule has 2 atom stereocenters. The Morgan fingerprint density at radius 1 is 1.50 bits per heavy atom. The highest BCUT2D eigenvalue weighted by Crippen LogP contribution is 2.26. The van der Waals surface area contributed by atoms with Crippen molar-refractivity contribution in [1.29, 1.82) is 0 Å². The van der Waals surface area contributed by atoms with E-state index < -0.39 is 6.10 Å². The molecule has 1 unspecified atom stereocenters. The van der Waals surface area contributed by atoms with E-state index in [4.69, 9.17) is 5.73 Å². The number of likely N-dealkylation sites (tertiary alicyclic amines) is 1. The highest BCUT2D eigenvalue weighted by atomic mass is 16.3. The topological polar surface area (TPSA) is 66.6 Å². The summed E-state index contributed by atoms with van der Waals surface area (Å²) < 4.78 is 0. The molecule has 4 nitrogen and oxygen atoms in total. The van der Waals surface area contributed by atoms with Crippen LogP contribution in [-0.4, -0.2) is 41.7 Å². The van der Waals surface area contributed by atoms with Crippen LogP contribution in [-0.2, 0) is 4.79 Å². The molecule has 1 aliphatic rings. The Morgan fingerprint density at radius 2 is 2.06 bits per heavy atom. The van der Waals surface area contributed by atoms with Crippen LogP contribution in [0.3, 0.4) is 0 Å². The first-order valence-corrected chi connectivity index (χ1v) is 6.27. The Kier molecular flexibility index (Phi) is 5.22. The van der Waals surface area contributed by atoms with Gasteiger partial charge in [-0.05, 0) is 24.7 Å². The highest BCUT2D eigenvalue weighted by molar-refractivity contribution is 5.80. The Balaban J connectivity index is 2.40. The van der Waals surface area contributed by atoms with Gasteiger partial charge in [-0.25, -0.2) is 0 Å². The third kappa shape index (κ3) is 3.19. The van der Waals surface area contributed by atoms with Gasteiger partial charge in [-0.3, -0.25) is 4.79 Å². The molecule has 0 aromatic heterocycles. The Hall–Kier alpha value is -0.610. The van der Waals surface area contributed by atoms with E-state index in [9.17, 15) is 9.90 Å². The minimum atomic E-state index is -1.01. The van der Waals surface area contributed by atoms with Gasteiger partial charge in [-0.2, -0.15) is 0 Å². The molecule has 0 aromatic rings. The normalized spacial score (nSPS) is 21.9. The maximum absolute atomic E-state index is 11.7. The molecule has 16 heavy (non-hydrogen) atoms.